The number of carbonyl (C=O) groups is 1. The number of hydrogen-bond acceptors (Lipinski definition) is 5. The summed E-state index contributed by atoms with van der Waals surface area (Å²) < 4.78 is 53.1. The molecule has 0 saturated carbocycles. The fourth-order valence-corrected chi connectivity index (χ4v) is 6.49. The molecule has 0 unspecified atom stereocenters. The highest BCUT2D eigenvalue weighted by Crippen LogP contribution is 2.27. The van der Waals surface area contributed by atoms with Crippen molar-refractivity contribution in [2.75, 3.05) is 43.3 Å². The van der Waals surface area contributed by atoms with Crippen molar-refractivity contribution in [2.24, 2.45) is 0 Å². The summed E-state index contributed by atoms with van der Waals surface area (Å²) >= 11 is 6.06. The van der Waals surface area contributed by atoms with Crippen LogP contribution in [0.3, 0.4) is 0 Å². The van der Waals surface area contributed by atoms with E-state index in [4.69, 9.17) is 11.6 Å². The minimum Gasteiger partial charge on any atom is -0.340 e. The highest BCUT2D eigenvalue weighted by Gasteiger charge is 2.30. The predicted octanol–water partition coefficient (Wildman–Crippen LogP) is 3.04. The standard InChI is InChI=1S/C23H30ClN3O5S2/c1-18-6-10-21(11-7-18)34(31,32)26-15-13-25(14-16-26)23(28)5-4-12-27(33(3,29)30)22-17-20(24)9-8-19(22)2/h6-11,17H,4-5,12-16H2,1-3H3. The molecule has 3 rings (SSSR count). The van der Waals surface area contributed by atoms with E-state index < -0.39 is 20.0 Å². The quantitative estimate of drug-likeness (QED) is 0.526. The molecule has 186 valence electrons. The van der Waals surface area contributed by atoms with Crippen molar-refractivity contribution >= 4 is 43.2 Å². The van der Waals surface area contributed by atoms with E-state index in [1.165, 1.54) is 8.61 Å². The molecule has 1 aliphatic rings. The van der Waals surface area contributed by atoms with Gasteiger partial charge in [-0.05, 0) is 50.1 Å². The Kier molecular flexibility index (Phi) is 8.28. The van der Waals surface area contributed by atoms with Crippen LogP contribution in [0.1, 0.15) is 24.0 Å². The Morgan fingerprint density at radius 1 is 0.971 bits per heavy atom. The second-order valence-electron chi connectivity index (χ2n) is 8.47. The van der Waals surface area contributed by atoms with Crippen molar-refractivity contribution in [2.45, 2.75) is 31.6 Å². The summed E-state index contributed by atoms with van der Waals surface area (Å²) in [6, 6.07) is 11.8. The number of carbonyl (C=O) groups excluding carboxylic acids is 1. The molecule has 0 radical (unpaired) electrons. The van der Waals surface area contributed by atoms with E-state index in [0.29, 0.717) is 30.2 Å². The summed E-state index contributed by atoms with van der Waals surface area (Å²) in [4.78, 5) is 14.6. The Morgan fingerprint density at radius 2 is 1.59 bits per heavy atom. The van der Waals surface area contributed by atoms with Crippen LogP contribution in [0.4, 0.5) is 5.69 Å². The van der Waals surface area contributed by atoms with Gasteiger partial charge in [-0.1, -0.05) is 35.4 Å². The molecule has 2 aromatic rings. The Labute approximate surface area is 207 Å². The maximum absolute atomic E-state index is 12.9. The first-order valence-corrected chi connectivity index (χ1v) is 14.6. The smallest absolute Gasteiger partial charge is 0.243 e. The van der Waals surface area contributed by atoms with E-state index in [0.717, 1.165) is 17.4 Å². The molecule has 0 bridgehead atoms. The van der Waals surface area contributed by atoms with Gasteiger partial charge in [0.05, 0.1) is 16.8 Å². The Bertz CT molecular complexity index is 1240. The van der Waals surface area contributed by atoms with Crippen molar-refractivity contribution in [3.63, 3.8) is 0 Å². The molecule has 0 aliphatic carbocycles. The highest BCUT2D eigenvalue weighted by atomic mass is 35.5. The molecule has 0 spiro atoms. The summed E-state index contributed by atoms with van der Waals surface area (Å²) in [7, 11) is -7.16. The number of nitrogens with zero attached hydrogens (tertiary/aromatic N) is 3. The van der Waals surface area contributed by atoms with Crippen LogP contribution in [-0.2, 0) is 24.8 Å². The zero-order chi connectivity index (χ0) is 25.1. The first-order valence-electron chi connectivity index (χ1n) is 11.0. The minimum atomic E-state index is -3.60. The van der Waals surface area contributed by atoms with Crippen molar-refractivity contribution in [1.29, 1.82) is 0 Å². The maximum Gasteiger partial charge on any atom is 0.243 e. The van der Waals surface area contributed by atoms with Gasteiger partial charge in [0.15, 0.2) is 0 Å². The van der Waals surface area contributed by atoms with Crippen LogP contribution in [0.15, 0.2) is 47.4 Å². The molecule has 34 heavy (non-hydrogen) atoms. The molecule has 0 atom stereocenters. The molecule has 1 aliphatic heterocycles. The average Bonchev–Trinajstić information content (AvgIpc) is 2.78. The molecule has 1 fully saturated rings. The molecule has 8 nitrogen and oxygen atoms in total. The van der Waals surface area contributed by atoms with Gasteiger partial charge >= 0.3 is 0 Å². The lowest BCUT2D eigenvalue weighted by atomic mass is 10.2. The van der Waals surface area contributed by atoms with Gasteiger partial charge in [0.1, 0.15) is 0 Å². The van der Waals surface area contributed by atoms with Gasteiger partial charge in [-0.2, -0.15) is 4.31 Å². The van der Waals surface area contributed by atoms with Gasteiger partial charge in [0, 0.05) is 44.2 Å². The first kappa shape index (κ1) is 26.5. The first-order chi connectivity index (χ1) is 15.9. The number of sulfonamides is 2. The zero-order valence-corrected chi connectivity index (χ0v) is 22.0. The van der Waals surface area contributed by atoms with E-state index in [9.17, 15) is 21.6 Å². The molecular formula is C23H30ClN3O5S2. The van der Waals surface area contributed by atoms with E-state index in [-0.39, 0.29) is 36.9 Å². The van der Waals surface area contributed by atoms with Crippen LogP contribution in [-0.4, -0.2) is 70.9 Å². The van der Waals surface area contributed by atoms with Crippen LogP contribution in [0.5, 0.6) is 0 Å². The summed E-state index contributed by atoms with van der Waals surface area (Å²) in [6.45, 7) is 4.89. The lowest BCUT2D eigenvalue weighted by Crippen LogP contribution is -2.50. The topological polar surface area (TPSA) is 95.1 Å². The number of aryl methyl sites for hydroxylation is 2. The minimum absolute atomic E-state index is 0.122. The Balaban J connectivity index is 1.56. The maximum atomic E-state index is 12.9. The van der Waals surface area contributed by atoms with Crippen LogP contribution >= 0.6 is 11.6 Å². The molecular weight excluding hydrogens is 498 g/mol. The van der Waals surface area contributed by atoms with Crippen molar-refractivity contribution in [3.8, 4) is 0 Å². The second kappa shape index (κ2) is 10.6. The van der Waals surface area contributed by atoms with Gasteiger partial charge in [0.2, 0.25) is 26.0 Å². The monoisotopic (exact) mass is 527 g/mol. The number of anilines is 1. The lowest BCUT2D eigenvalue weighted by molar-refractivity contribution is -0.132. The van der Waals surface area contributed by atoms with Crippen LogP contribution < -0.4 is 4.31 Å². The molecule has 0 aromatic heterocycles. The number of amides is 1. The molecule has 1 amide bonds. The number of hydrogen-bond donors (Lipinski definition) is 0. The lowest BCUT2D eigenvalue weighted by Gasteiger charge is -2.34. The summed E-state index contributed by atoms with van der Waals surface area (Å²) in [5, 5.41) is 0.434. The number of halogens is 1. The average molecular weight is 528 g/mol. The Hall–Kier alpha value is -2.14. The Morgan fingerprint density at radius 3 is 2.18 bits per heavy atom. The zero-order valence-electron chi connectivity index (χ0n) is 19.6. The molecule has 0 N–H and O–H groups in total. The number of piperazine rings is 1. The van der Waals surface area contributed by atoms with Gasteiger partial charge in [-0.25, -0.2) is 16.8 Å². The molecule has 1 heterocycles. The normalized spacial score (nSPS) is 15.4. The van der Waals surface area contributed by atoms with E-state index in [1.807, 2.05) is 6.92 Å². The largest absolute Gasteiger partial charge is 0.340 e. The van der Waals surface area contributed by atoms with Gasteiger partial charge < -0.3 is 4.90 Å². The number of benzene rings is 2. The highest BCUT2D eigenvalue weighted by molar-refractivity contribution is 7.92. The van der Waals surface area contributed by atoms with Crippen molar-refractivity contribution < 1.29 is 21.6 Å². The third kappa shape index (κ3) is 6.29. The third-order valence-corrected chi connectivity index (χ3v) is 9.17. The van der Waals surface area contributed by atoms with E-state index in [2.05, 4.69) is 0 Å². The SMILES string of the molecule is Cc1ccc(S(=O)(=O)N2CCN(C(=O)CCCN(c3cc(Cl)ccc3C)S(C)(=O)=O)CC2)cc1. The summed E-state index contributed by atoms with van der Waals surface area (Å²) in [5.74, 6) is -0.122. The summed E-state index contributed by atoms with van der Waals surface area (Å²) in [6.07, 6.45) is 1.62. The second-order valence-corrected chi connectivity index (χ2v) is 12.7. The fraction of sp³-hybridized carbons (Fsp3) is 0.435. The fourth-order valence-electron chi connectivity index (χ4n) is 3.89. The van der Waals surface area contributed by atoms with Gasteiger partial charge in [-0.15, -0.1) is 0 Å². The van der Waals surface area contributed by atoms with E-state index >= 15 is 0 Å². The number of rotatable bonds is 8. The van der Waals surface area contributed by atoms with Crippen molar-refractivity contribution in [3.05, 3.63) is 58.6 Å². The third-order valence-electron chi connectivity index (χ3n) is 5.84. The van der Waals surface area contributed by atoms with Crippen LogP contribution in [0, 0.1) is 13.8 Å². The molecule has 1 saturated heterocycles. The van der Waals surface area contributed by atoms with Crippen LogP contribution in [0.25, 0.3) is 0 Å². The predicted molar refractivity (Wildman–Crippen MR) is 134 cm³/mol. The van der Waals surface area contributed by atoms with Gasteiger partial charge in [0.25, 0.3) is 0 Å². The van der Waals surface area contributed by atoms with Gasteiger partial charge in [-0.3, -0.25) is 9.10 Å². The molecule has 11 heteroatoms. The molecule has 2 aromatic carbocycles. The van der Waals surface area contributed by atoms with E-state index in [1.54, 1.807) is 54.3 Å². The summed E-state index contributed by atoms with van der Waals surface area (Å²) in [5.41, 5.74) is 2.25. The van der Waals surface area contributed by atoms with Crippen molar-refractivity contribution in [1.82, 2.24) is 9.21 Å². The van der Waals surface area contributed by atoms with Crippen LogP contribution in [0.2, 0.25) is 5.02 Å².